The number of aromatic nitrogens is 6. The number of hydrogen-bond donors (Lipinski definition) is 2. The molecule has 0 bridgehead atoms. The van der Waals surface area contributed by atoms with Gasteiger partial charge in [-0.25, -0.2) is 0 Å². The second-order valence-electron chi connectivity index (χ2n) is 16.5. The summed E-state index contributed by atoms with van der Waals surface area (Å²) in [5.74, 6) is 0.00839. The first-order chi connectivity index (χ1) is 36.1. The van der Waals surface area contributed by atoms with Crippen LogP contribution in [0.3, 0.4) is 0 Å². The standard InChI is InChI=1S/C28H29N5O2.C19H19ClN4.C9H11NO2.C2H3N/c1-35-28(34)16-22-8-11-24(12-9-22)31-17-23-10-13-27(32-18-23)21-33(19-25-6-2-4-14-29-25)20-26-7-3-5-15-30-26;20-11-16-7-8-19(23-12-16)15-24(13-17-5-1-3-9-21-17)14-18-6-2-4-10-22-18;1-12-9(11)6-7-2-4-8(10)5-3-7;1-2-3/h2-15,18,31H,16-17,19-21H2,1H3;1-10,12H,11,13-15H2;2-5H,6,10H2,1H3;1H3. The quantitative estimate of drug-likeness (QED) is 0.0415. The van der Waals surface area contributed by atoms with Crippen molar-refractivity contribution < 1.29 is 19.1 Å². The Balaban J connectivity index is 0.000000223. The van der Waals surface area contributed by atoms with Crippen LogP contribution in [0.25, 0.3) is 0 Å². The number of nitriles is 1. The number of halogens is 1. The van der Waals surface area contributed by atoms with E-state index in [1.54, 1.807) is 18.2 Å². The van der Waals surface area contributed by atoms with Crippen molar-refractivity contribution in [3.63, 3.8) is 0 Å². The molecule has 0 spiro atoms. The minimum atomic E-state index is -0.240. The summed E-state index contributed by atoms with van der Waals surface area (Å²) < 4.78 is 9.23. The van der Waals surface area contributed by atoms with E-state index in [-0.39, 0.29) is 18.4 Å². The van der Waals surface area contributed by atoms with Crippen molar-refractivity contribution in [1.29, 1.82) is 5.26 Å². The van der Waals surface area contributed by atoms with Crippen molar-refractivity contribution in [3.8, 4) is 6.07 Å². The predicted molar refractivity (Wildman–Crippen MR) is 288 cm³/mol. The molecule has 8 aromatic rings. The van der Waals surface area contributed by atoms with Gasteiger partial charge in [0.2, 0.25) is 0 Å². The number of benzene rings is 2. The normalized spacial score (nSPS) is 10.3. The molecule has 2 aromatic carbocycles. The molecule has 0 saturated heterocycles. The molecule has 380 valence electrons. The van der Waals surface area contributed by atoms with Gasteiger partial charge in [0, 0.05) is 107 Å². The average molecular weight is 1010 g/mol. The number of nitrogens with two attached hydrogens (primary N) is 1. The molecule has 0 aliphatic carbocycles. The largest absolute Gasteiger partial charge is 0.469 e. The molecule has 6 aromatic heterocycles. The number of nitrogen functional groups attached to an aromatic ring is 1. The number of carbonyl (C=O) groups excluding carboxylic acids is 2. The lowest BCUT2D eigenvalue weighted by Crippen LogP contribution is -2.24. The number of nitrogens with zero attached hydrogens (tertiary/aromatic N) is 9. The molecule has 3 N–H and O–H groups in total. The number of pyridine rings is 6. The predicted octanol–water partition coefficient (Wildman–Crippen LogP) is 9.73. The number of carbonyl (C=O) groups is 2. The van der Waals surface area contributed by atoms with Crippen LogP contribution >= 0.6 is 11.6 Å². The molecule has 15 nitrogen and oxygen atoms in total. The molecule has 0 radical (unpaired) electrons. The Morgan fingerprint density at radius 2 is 0.851 bits per heavy atom. The number of ether oxygens (including phenoxy) is 2. The zero-order chi connectivity index (χ0) is 52.6. The summed E-state index contributed by atoms with van der Waals surface area (Å²) in [6.45, 7) is 6.45. The molecule has 6 heterocycles. The van der Waals surface area contributed by atoms with Crippen molar-refractivity contribution in [2.75, 3.05) is 25.3 Å². The molecule has 0 saturated carbocycles. The van der Waals surface area contributed by atoms with Crippen LogP contribution in [0.4, 0.5) is 11.4 Å². The van der Waals surface area contributed by atoms with Crippen molar-refractivity contribution >= 4 is 34.9 Å². The molecular weight excluding hydrogens is 950 g/mol. The maximum Gasteiger partial charge on any atom is 0.309 e. The maximum absolute atomic E-state index is 11.4. The topological polar surface area (TPSA) is 198 Å². The van der Waals surface area contributed by atoms with E-state index in [2.05, 4.69) is 56.9 Å². The summed E-state index contributed by atoms with van der Waals surface area (Å²) in [7, 11) is 2.77. The lowest BCUT2D eigenvalue weighted by molar-refractivity contribution is -0.140. The molecule has 16 heteroatoms. The monoisotopic (exact) mass is 1010 g/mol. The highest BCUT2D eigenvalue weighted by atomic mass is 35.5. The molecule has 0 atom stereocenters. The van der Waals surface area contributed by atoms with Crippen molar-refractivity contribution in [3.05, 3.63) is 239 Å². The van der Waals surface area contributed by atoms with Crippen LogP contribution in [0.15, 0.2) is 183 Å². The highest BCUT2D eigenvalue weighted by molar-refractivity contribution is 6.17. The smallest absolute Gasteiger partial charge is 0.309 e. The number of methoxy groups -OCH3 is 2. The number of alkyl halides is 1. The Labute approximate surface area is 439 Å². The fourth-order valence-corrected chi connectivity index (χ4v) is 7.17. The van der Waals surface area contributed by atoms with E-state index in [1.807, 2.05) is 159 Å². The van der Waals surface area contributed by atoms with Crippen LogP contribution in [0, 0.1) is 11.3 Å². The summed E-state index contributed by atoms with van der Waals surface area (Å²) in [6.07, 6.45) is 11.6. The average Bonchev–Trinajstić information content (AvgIpc) is 3.43. The summed E-state index contributed by atoms with van der Waals surface area (Å²) in [4.78, 5) is 53.8. The third kappa shape index (κ3) is 21.9. The van der Waals surface area contributed by atoms with E-state index in [0.29, 0.717) is 44.2 Å². The summed E-state index contributed by atoms with van der Waals surface area (Å²) in [6, 6.07) is 48.8. The van der Waals surface area contributed by atoms with Crippen molar-refractivity contribution in [1.82, 2.24) is 39.7 Å². The summed E-state index contributed by atoms with van der Waals surface area (Å²) >= 11 is 5.83. The van der Waals surface area contributed by atoms with Gasteiger partial charge in [-0.1, -0.05) is 60.7 Å². The first kappa shape index (κ1) is 56.5. The van der Waals surface area contributed by atoms with Gasteiger partial charge in [-0.05, 0) is 107 Å². The van der Waals surface area contributed by atoms with Crippen LogP contribution < -0.4 is 11.1 Å². The number of rotatable bonds is 20. The zero-order valence-electron chi connectivity index (χ0n) is 42.0. The maximum atomic E-state index is 11.4. The second-order valence-corrected chi connectivity index (χ2v) is 16.8. The van der Waals surface area contributed by atoms with E-state index in [9.17, 15) is 9.59 Å². The van der Waals surface area contributed by atoms with E-state index >= 15 is 0 Å². The van der Waals surface area contributed by atoms with Gasteiger partial charge >= 0.3 is 11.9 Å². The third-order valence-electron chi connectivity index (χ3n) is 10.7. The Bertz CT molecular complexity index is 2760. The first-order valence-electron chi connectivity index (χ1n) is 23.7. The van der Waals surface area contributed by atoms with Gasteiger partial charge in [0.05, 0.1) is 67.3 Å². The minimum absolute atomic E-state index is 0.236. The van der Waals surface area contributed by atoms with E-state index in [0.717, 1.165) is 81.7 Å². The Hall–Kier alpha value is -8.42. The summed E-state index contributed by atoms with van der Waals surface area (Å²) in [5.41, 5.74) is 17.2. The Morgan fingerprint density at radius 1 is 0.514 bits per heavy atom. The molecule has 0 fully saturated rings. The molecule has 74 heavy (non-hydrogen) atoms. The van der Waals surface area contributed by atoms with Crippen molar-refractivity contribution in [2.24, 2.45) is 0 Å². The van der Waals surface area contributed by atoms with E-state index < -0.39 is 0 Å². The van der Waals surface area contributed by atoms with Gasteiger partial charge < -0.3 is 20.5 Å². The zero-order valence-corrected chi connectivity index (χ0v) is 42.8. The fraction of sp³-hybridized carbons (Fsp3) is 0.224. The van der Waals surface area contributed by atoms with Crippen LogP contribution in [-0.4, -0.2) is 65.9 Å². The lowest BCUT2D eigenvalue weighted by Gasteiger charge is -2.21. The molecule has 0 amide bonds. The first-order valence-corrected chi connectivity index (χ1v) is 24.3. The number of nitrogens with one attached hydrogen (secondary N) is 1. The van der Waals surface area contributed by atoms with Crippen LogP contribution in [0.1, 0.15) is 63.3 Å². The second kappa shape index (κ2) is 32.5. The number of anilines is 2. The Kier molecular flexibility index (Phi) is 24.8. The van der Waals surface area contributed by atoms with Gasteiger partial charge in [0.1, 0.15) is 0 Å². The lowest BCUT2D eigenvalue weighted by atomic mass is 10.1. The van der Waals surface area contributed by atoms with Gasteiger partial charge in [-0.2, -0.15) is 5.26 Å². The minimum Gasteiger partial charge on any atom is -0.469 e. The highest BCUT2D eigenvalue weighted by Crippen LogP contribution is 2.16. The molecule has 8 rings (SSSR count). The Morgan fingerprint density at radius 3 is 1.16 bits per heavy atom. The van der Waals surface area contributed by atoms with Gasteiger partial charge in [-0.15, -0.1) is 11.6 Å². The van der Waals surface area contributed by atoms with E-state index in [4.69, 9.17) is 32.3 Å². The number of hydrogen-bond acceptors (Lipinski definition) is 15. The van der Waals surface area contributed by atoms with Gasteiger partial charge in [0.25, 0.3) is 0 Å². The highest BCUT2D eigenvalue weighted by Gasteiger charge is 2.13. The molecule has 0 aliphatic heterocycles. The van der Waals surface area contributed by atoms with Crippen molar-refractivity contribution in [2.45, 2.75) is 71.5 Å². The third-order valence-corrected chi connectivity index (χ3v) is 11.0. The molecule has 0 aliphatic rings. The SMILES string of the molecule is CC#N.COC(=O)Cc1ccc(N)cc1.COC(=O)Cc1ccc(NCc2ccc(CN(Cc3ccccn3)Cc3ccccn3)nc2)cc1.ClCc1ccc(CN(Cc2ccccn2)Cc2ccccn2)nc1. The van der Waals surface area contributed by atoms with Crippen LogP contribution in [-0.2, 0) is 83.6 Å². The van der Waals surface area contributed by atoms with Crippen LogP contribution in [0.5, 0.6) is 0 Å². The number of esters is 2. The summed E-state index contributed by atoms with van der Waals surface area (Å²) in [5, 5.41) is 10.7. The van der Waals surface area contributed by atoms with Crippen LogP contribution in [0.2, 0.25) is 0 Å². The fourth-order valence-electron chi connectivity index (χ4n) is 7.02. The van der Waals surface area contributed by atoms with Gasteiger partial charge in [-0.3, -0.25) is 49.3 Å². The molecular formula is C58H62ClN11O4. The van der Waals surface area contributed by atoms with Gasteiger partial charge in [0.15, 0.2) is 0 Å². The molecule has 0 unspecified atom stereocenters. The van der Waals surface area contributed by atoms with E-state index in [1.165, 1.54) is 21.1 Å².